The summed E-state index contributed by atoms with van der Waals surface area (Å²) in [4.78, 5) is 25.0. The Morgan fingerprint density at radius 1 is 1.19 bits per heavy atom. The first-order chi connectivity index (χ1) is 15.3. The van der Waals surface area contributed by atoms with Gasteiger partial charge in [0.25, 0.3) is 0 Å². The molecule has 0 spiro atoms. The normalized spacial score (nSPS) is 14.7. The molecule has 0 radical (unpaired) electrons. The molecule has 1 fully saturated rings. The molecule has 0 bridgehead atoms. The predicted molar refractivity (Wildman–Crippen MR) is 127 cm³/mol. The number of piperidine rings is 1. The smallest absolute Gasteiger partial charge is 0.337 e. The highest BCUT2D eigenvalue weighted by atomic mass is 16.4. The van der Waals surface area contributed by atoms with Gasteiger partial charge in [-0.3, -0.25) is 0 Å². The van der Waals surface area contributed by atoms with Crippen LogP contribution in [0.4, 0.5) is 17.3 Å². The maximum atomic E-state index is 11.3. The fourth-order valence-corrected chi connectivity index (χ4v) is 4.24. The fraction of sp³-hybridized carbons (Fsp3) is 0.375. The Bertz CT molecular complexity index is 1120. The van der Waals surface area contributed by atoms with Crippen LogP contribution in [0.25, 0.3) is 11.4 Å². The van der Waals surface area contributed by atoms with Gasteiger partial charge in [0.2, 0.25) is 5.95 Å². The topological polar surface area (TPSA) is 86.5 Å². The van der Waals surface area contributed by atoms with Crippen molar-refractivity contribution < 1.29 is 9.90 Å². The van der Waals surface area contributed by atoms with E-state index >= 15 is 0 Å². The number of rotatable bonds is 6. The number of hydrogen-bond acceptors (Lipinski definition) is 6. The van der Waals surface area contributed by atoms with Gasteiger partial charge in [-0.1, -0.05) is 0 Å². The molecule has 0 saturated carbocycles. The molecule has 32 heavy (non-hydrogen) atoms. The summed E-state index contributed by atoms with van der Waals surface area (Å²) in [6, 6.07) is 10.5. The second-order valence-electron chi connectivity index (χ2n) is 8.60. The van der Waals surface area contributed by atoms with Crippen molar-refractivity contribution in [2.75, 3.05) is 37.4 Å². The third-order valence-electron chi connectivity index (χ3n) is 6.19. The average Bonchev–Trinajstić information content (AvgIpc) is 3.17. The average molecular weight is 435 g/mol. The molecule has 0 unspecified atom stereocenters. The molecular weight excluding hydrogens is 404 g/mol. The zero-order valence-corrected chi connectivity index (χ0v) is 19.0. The molecule has 4 rings (SSSR count). The minimum absolute atomic E-state index is 0.233. The molecule has 3 aromatic rings. The number of anilines is 3. The van der Waals surface area contributed by atoms with Gasteiger partial charge in [0.05, 0.1) is 17.0 Å². The van der Waals surface area contributed by atoms with E-state index < -0.39 is 5.97 Å². The molecule has 1 aliphatic heterocycles. The van der Waals surface area contributed by atoms with Crippen LogP contribution in [0.3, 0.4) is 0 Å². The van der Waals surface area contributed by atoms with Gasteiger partial charge in [-0.2, -0.15) is 0 Å². The number of carboxylic acid groups (broad SMARTS) is 1. The van der Waals surface area contributed by atoms with Gasteiger partial charge in [-0.05, 0) is 69.8 Å². The second kappa shape index (κ2) is 9.00. The second-order valence-corrected chi connectivity index (χ2v) is 8.60. The summed E-state index contributed by atoms with van der Waals surface area (Å²) >= 11 is 0. The molecule has 0 atom stereocenters. The van der Waals surface area contributed by atoms with Crippen LogP contribution in [0.1, 0.15) is 28.8 Å². The van der Waals surface area contributed by atoms with Gasteiger partial charge < -0.3 is 24.8 Å². The summed E-state index contributed by atoms with van der Waals surface area (Å²) in [6.45, 7) is 4.21. The number of aromatic nitrogens is 3. The Labute approximate surface area is 188 Å². The maximum absolute atomic E-state index is 11.3. The largest absolute Gasteiger partial charge is 0.478 e. The number of nitrogens with one attached hydrogen (secondary N) is 1. The van der Waals surface area contributed by atoms with E-state index in [1.165, 1.54) is 18.5 Å². The summed E-state index contributed by atoms with van der Waals surface area (Å²) in [5, 5.41) is 12.5. The van der Waals surface area contributed by atoms with Crippen molar-refractivity contribution >= 4 is 23.3 Å². The molecule has 1 aliphatic rings. The van der Waals surface area contributed by atoms with Crippen LogP contribution in [0.2, 0.25) is 0 Å². The molecule has 0 amide bonds. The van der Waals surface area contributed by atoms with Crippen molar-refractivity contribution in [3.63, 3.8) is 0 Å². The number of nitrogens with zero attached hydrogens (tertiary/aromatic N) is 5. The lowest BCUT2D eigenvalue weighted by molar-refractivity contribution is 0.0697. The highest BCUT2D eigenvalue weighted by Crippen LogP contribution is 2.28. The van der Waals surface area contributed by atoms with Crippen molar-refractivity contribution in [1.82, 2.24) is 19.4 Å². The lowest BCUT2D eigenvalue weighted by atomic mass is 10.0. The number of benzene rings is 1. The first-order valence-electron chi connectivity index (χ1n) is 10.8. The van der Waals surface area contributed by atoms with Crippen molar-refractivity contribution in [1.29, 1.82) is 0 Å². The molecule has 8 heteroatoms. The quantitative estimate of drug-likeness (QED) is 0.611. The molecule has 1 saturated heterocycles. The third-order valence-corrected chi connectivity index (χ3v) is 6.19. The van der Waals surface area contributed by atoms with Crippen LogP contribution >= 0.6 is 0 Å². The summed E-state index contributed by atoms with van der Waals surface area (Å²) in [7, 11) is 6.12. The summed E-state index contributed by atoms with van der Waals surface area (Å²) in [5.41, 5.74) is 4.93. The minimum atomic E-state index is -0.957. The lowest BCUT2D eigenvalue weighted by Crippen LogP contribution is -2.42. The van der Waals surface area contributed by atoms with E-state index in [0.29, 0.717) is 17.7 Å². The molecule has 0 aliphatic carbocycles. The monoisotopic (exact) mass is 434 g/mol. The number of carbonyl (C=O) groups is 1. The number of carboxylic acids is 1. The maximum Gasteiger partial charge on any atom is 0.337 e. The zero-order valence-electron chi connectivity index (χ0n) is 19.0. The molecule has 2 aromatic heterocycles. The van der Waals surface area contributed by atoms with E-state index in [-0.39, 0.29) is 5.56 Å². The van der Waals surface area contributed by atoms with Crippen LogP contribution in [0, 0.1) is 6.92 Å². The number of aryl methyl sites for hydroxylation is 2. The molecule has 2 N–H and O–H groups in total. The Balaban J connectivity index is 1.49. The first kappa shape index (κ1) is 21.8. The van der Waals surface area contributed by atoms with Gasteiger partial charge in [-0.25, -0.2) is 14.8 Å². The zero-order chi connectivity index (χ0) is 22.8. The van der Waals surface area contributed by atoms with E-state index in [1.807, 2.05) is 0 Å². The predicted octanol–water partition coefficient (Wildman–Crippen LogP) is 3.76. The van der Waals surface area contributed by atoms with E-state index in [4.69, 9.17) is 0 Å². The minimum Gasteiger partial charge on any atom is -0.478 e. The van der Waals surface area contributed by atoms with Crippen molar-refractivity contribution in [2.45, 2.75) is 25.8 Å². The van der Waals surface area contributed by atoms with E-state index in [1.54, 1.807) is 36.1 Å². The van der Waals surface area contributed by atoms with Gasteiger partial charge in [-0.15, -0.1) is 0 Å². The SMILES string of the molecule is Cc1cc(N2CCC(N(C)C)CC2)ccc1Nc1nccc(-c2cc(C(=O)O)cn2C)n1. The number of hydrogen-bond donors (Lipinski definition) is 2. The first-order valence-corrected chi connectivity index (χ1v) is 10.8. The van der Waals surface area contributed by atoms with Crippen LogP contribution in [0.5, 0.6) is 0 Å². The summed E-state index contributed by atoms with van der Waals surface area (Å²) in [5.74, 6) is -0.482. The third kappa shape index (κ3) is 4.60. The molecule has 8 nitrogen and oxygen atoms in total. The van der Waals surface area contributed by atoms with Crippen LogP contribution in [-0.2, 0) is 7.05 Å². The highest BCUT2D eigenvalue weighted by molar-refractivity contribution is 5.89. The van der Waals surface area contributed by atoms with E-state index in [0.717, 1.165) is 30.0 Å². The molecule has 168 valence electrons. The van der Waals surface area contributed by atoms with Crippen LogP contribution in [-0.4, -0.2) is 63.7 Å². The Morgan fingerprint density at radius 2 is 1.94 bits per heavy atom. The van der Waals surface area contributed by atoms with Gasteiger partial charge in [0.1, 0.15) is 0 Å². The Kier molecular flexibility index (Phi) is 6.14. The molecular formula is C24H30N6O2. The van der Waals surface area contributed by atoms with Gasteiger partial charge >= 0.3 is 5.97 Å². The van der Waals surface area contributed by atoms with Crippen molar-refractivity contribution in [3.8, 4) is 11.4 Å². The van der Waals surface area contributed by atoms with E-state index in [2.05, 4.69) is 64.3 Å². The van der Waals surface area contributed by atoms with Gasteiger partial charge in [0.15, 0.2) is 0 Å². The highest BCUT2D eigenvalue weighted by Gasteiger charge is 2.21. The van der Waals surface area contributed by atoms with Crippen molar-refractivity contribution in [2.24, 2.45) is 7.05 Å². The van der Waals surface area contributed by atoms with Crippen molar-refractivity contribution in [3.05, 3.63) is 53.9 Å². The van der Waals surface area contributed by atoms with Crippen LogP contribution < -0.4 is 10.2 Å². The lowest BCUT2D eigenvalue weighted by Gasteiger charge is -2.36. The van der Waals surface area contributed by atoms with E-state index in [9.17, 15) is 9.90 Å². The van der Waals surface area contributed by atoms with Gasteiger partial charge in [0, 0.05) is 49.9 Å². The Morgan fingerprint density at radius 3 is 2.56 bits per heavy atom. The summed E-state index contributed by atoms with van der Waals surface area (Å²) < 4.78 is 1.76. The van der Waals surface area contributed by atoms with Crippen LogP contribution in [0.15, 0.2) is 42.7 Å². The molecule has 1 aromatic carbocycles. The molecule has 3 heterocycles. The standard InChI is InChI=1S/C24H30N6O2/c1-16-13-19(30-11-8-18(9-12-30)28(2)3)5-6-20(16)26-24-25-10-7-21(27-24)22-14-17(23(31)32)15-29(22)4/h5-7,10,13-15,18H,8-9,11-12H2,1-4H3,(H,31,32)(H,25,26,27). The summed E-state index contributed by atoms with van der Waals surface area (Å²) in [6.07, 6.45) is 5.61. The fourth-order valence-electron chi connectivity index (χ4n) is 4.24. The Hall–Kier alpha value is -3.39. The number of aromatic carboxylic acids is 1.